The molecular formula is C17H24F3N3. The lowest BCUT2D eigenvalue weighted by Gasteiger charge is -2.40. The lowest BCUT2D eigenvalue weighted by atomic mass is 10.0. The maximum atomic E-state index is 12.6. The Kier molecular flexibility index (Phi) is 4.94. The van der Waals surface area contributed by atoms with Gasteiger partial charge in [-0.3, -0.25) is 9.80 Å². The second-order valence-corrected chi connectivity index (χ2v) is 6.51. The lowest BCUT2D eigenvalue weighted by molar-refractivity contribution is -0.137. The monoisotopic (exact) mass is 327 g/mol. The number of nitrogens with zero attached hydrogens (tertiary/aromatic N) is 2. The second-order valence-electron chi connectivity index (χ2n) is 6.51. The highest BCUT2D eigenvalue weighted by atomic mass is 19.4. The van der Waals surface area contributed by atoms with E-state index in [1.807, 2.05) is 0 Å². The predicted molar refractivity (Wildman–Crippen MR) is 84.3 cm³/mol. The zero-order valence-corrected chi connectivity index (χ0v) is 13.4. The molecule has 0 aliphatic carbocycles. The normalized spacial score (nSPS) is 25.7. The van der Waals surface area contributed by atoms with Crippen molar-refractivity contribution in [2.45, 2.75) is 31.6 Å². The van der Waals surface area contributed by atoms with Gasteiger partial charge in [0.25, 0.3) is 0 Å². The summed E-state index contributed by atoms with van der Waals surface area (Å²) in [5.74, 6) is 0. The van der Waals surface area contributed by atoms with Gasteiger partial charge in [0.15, 0.2) is 0 Å². The van der Waals surface area contributed by atoms with Crippen molar-refractivity contribution >= 4 is 0 Å². The molecule has 2 aliphatic rings. The van der Waals surface area contributed by atoms with Crippen LogP contribution in [0.4, 0.5) is 13.2 Å². The highest BCUT2D eigenvalue weighted by Gasteiger charge is 2.31. The molecule has 0 spiro atoms. The summed E-state index contributed by atoms with van der Waals surface area (Å²) in [6, 6.07) is 6.40. The van der Waals surface area contributed by atoms with Crippen LogP contribution < -0.4 is 5.32 Å². The van der Waals surface area contributed by atoms with E-state index in [1.54, 1.807) is 12.1 Å². The third-order valence-corrected chi connectivity index (χ3v) is 5.17. The molecule has 2 atom stereocenters. The molecule has 2 aliphatic heterocycles. The molecule has 2 unspecified atom stereocenters. The Morgan fingerprint density at radius 2 is 1.74 bits per heavy atom. The van der Waals surface area contributed by atoms with Crippen LogP contribution in [-0.2, 0) is 6.18 Å². The van der Waals surface area contributed by atoms with Gasteiger partial charge in [0.1, 0.15) is 0 Å². The minimum atomic E-state index is -4.26. The van der Waals surface area contributed by atoms with Crippen molar-refractivity contribution in [1.29, 1.82) is 0 Å². The summed E-state index contributed by atoms with van der Waals surface area (Å²) in [5.41, 5.74) is 0.376. The summed E-state index contributed by atoms with van der Waals surface area (Å²) in [5, 5.41) is 3.40. The van der Waals surface area contributed by atoms with Crippen LogP contribution in [0.2, 0.25) is 0 Å². The number of alkyl halides is 3. The maximum Gasteiger partial charge on any atom is 0.416 e. The van der Waals surface area contributed by atoms with Crippen molar-refractivity contribution < 1.29 is 13.2 Å². The third kappa shape index (κ3) is 3.87. The van der Waals surface area contributed by atoms with Gasteiger partial charge in [-0.15, -0.1) is 0 Å². The van der Waals surface area contributed by atoms with E-state index in [1.165, 1.54) is 18.6 Å². The Morgan fingerprint density at radius 3 is 2.26 bits per heavy atom. The summed E-state index contributed by atoms with van der Waals surface area (Å²) in [6.07, 6.45) is -3.04. The summed E-state index contributed by atoms with van der Waals surface area (Å²) in [7, 11) is 0. The van der Waals surface area contributed by atoms with Gasteiger partial charge >= 0.3 is 6.18 Å². The molecule has 1 aromatic rings. The number of rotatable bonds is 3. The van der Waals surface area contributed by atoms with E-state index < -0.39 is 11.7 Å². The van der Waals surface area contributed by atoms with Crippen molar-refractivity contribution in [3.05, 3.63) is 35.4 Å². The summed E-state index contributed by atoms with van der Waals surface area (Å²) in [4.78, 5) is 4.90. The molecule has 23 heavy (non-hydrogen) atoms. The first kappa shape index (κ1) is 16.7. The fourth-order valence-corrected chi connectivity index (χ4v) is 3.60. The molecule has 2 fully saturated rings. The average Bonchev–Trinajstić information content (AvgIpc) is 3.08. The van der Waals surface area contributed by atoms with Crippen molar-refractivity contribution in [3.63, 3.8) is 0 Å². The minimum Gasteiger partial charge on any atom is -0.315 e. The van der Waals surface area contributed by atoms with Gasteiger partial charge < -0.3 is 5.32 Å². The fourth-order valence-electron chi connectivity index (χ4n) is 3.60. The highest BCUT2D eigenvalue weighted by Crippen LogP contribution is 2.31. The van der Waals surface area contributed by atoms with Crippen molar-refractivity contribution in [3.8, 4) is 0 Å². The van der Waals surface area contributed by atoms with Gasteiger partial charge in [-0.05, 0) is 37.6 Å². The molecule has 0 amide bonds. The Bertz CT molecular complexity index is 501. The first-order valence-corrected chi connectivity index (χ1v) is 8.31. The van der Waals surface area contributed by atoms with E-state index >= 15 is 0 Å². The Balaban J connectivity index is 1.57. The molecule has 0 aromatic heterocycles. The molecule has 3 nitrogen and oxygen atoms in total. The number of benzene rings is 1. The van der Waals surface area contributed by atoms with Gasteiger partial charge in [0.05, 0.1) is 5.56 Å². The van der Waals surface area contributed by atoms with E-state index in [4.69, 9.17) is 0 Å². The SMILES string of the molecule is CC(c1ccc(C(F)(F)F)cc1)N1CCN(C2CCNC2)CC1. The largest absolute Gasteiger partial charge is 0.416 e. The third-order valence-electron chi connectivity index (χ3n) is 5.17. The van der Waals surface area contributed by atoms with Crippen LogP contribution >= 0.6 is 0 Å². The Morgan fingerprint density at radius 1 is 1.09 bits per heavy atom. The fraction of sp³-hybridized carbons (Fsp3) is 0.647. The van der Waals surface area contributed by atoms with Gasteiger partial charge in [-0.2, -0.15) is 13.2 Å². The summed E-state index contributed by atoms with van der Waals surface area (Å²) < 4.78 is 37.9. The number of hydrogen-bond donors (Lipinski definition) is 1. The Hall–Kier alpha value is -1.11. The van der Waals surface area contributed by atoms with E-state index in [0.29, 0.717) is 6.04 Å². The first-order chi connectivity index (χ1) is 10.9. The molecular weight excluding hydrogens is 303 g/mol. The number of nitrogens with one attached hydrogen (secondary N) is 1. The topological polar surface area (TPSA) is 18.5 Å². The van der Waals surface area contributed by atoms with E-state index in [0.717, 1.165) is 44.8 Å². The van der Waals surface area contributed by atoms with Gasteiger partial charge in [0, 0.05) is 44.8 Å². The van der Waals surface area contributed by atoms with Crippen molar-refractivity contribution in [2.24, 2.45) is 0 Å². The van der Waals surface area contributed by atoms with Crippen LogP contribution in [0.1, 0.15) is 30.5 Å². The smallest absolute Gasteiger partial charge is 0.315 e. The predicted octanol–water partition coefficient (Wildman–Crippen LogP) is 2.75. The zero-order valence-electron chi connectivity index (χ0n) is 13.4. The molecule has 6 heteroatoms. The molecule has 2 saturated heterocycles. The molecule has 1 N–H and O–H groups in total. The Labute approximate surface area is 135 Å². The standard InChI is InChI=1S/C17H24F3N3/c1-13(14-2-4-15(5-3-14)17(18,19)20)22-8-10-23(11-9-22)16-6-7-21-12-16/h2-5,13,16,21H,6-12H2,1H3. The van der Waals surface area contributed by atoms with Crippen LogP contribution in [-0.4, -0.2) is 55.1 Å². The molecule has 0 bridgehead atoms. The van der Waals surface area contributed by atoms with Crippen LogP contribution in [0.15, 0.2) is 24.3 Å². The maximum absolute atomic E-state index is 12.6. The van der Waals surface area contributed by atoms with Crippen molar-refractivity contribution in [2.75, 3.05) is 39.3 Å². The zero-order chi connectivity index (χ0) is 16.4. The van der Waals surface area contributed by atoms with Crippen LogP contribution in [0.25, 0.3) is 0 Å². The summed E-state index contributed by atoms with van der Waals surface area (Å²) in [6.45, 7) is 8.28. The van der Waals surface area contributed by atoms with Gasteiger partial charge in [-0.25, -0.2) is 0 Å². The van der Waals surface area contributed by atoms with Crippen molar-refractivity contribution in [1.82, 2.24) is 15.1 Å². The summed E-state index contributed by atoms with van der Waals surface area (Å²) >= 11 is 0. The number of piperazine rings is 1. The molecule has 3 rings (SSSR count). The quantitative estimate of drug-likeness (QED) is 0.921. The van der Waals surface area contributed by atoms with Gasteiger partial charge in [0.2, 0.25) is 0 Å². The van der Waals surface area contributed by atoms with Crippen LogP contribution in [0, 0.1) is 0 Å². The molecule has 0 saturated carbocycles. The van der Waals surface area contributed by atoms with Crippen LogP contribution in [0.5, 0.6) is 0 Å². The van der Waals surface area contributed by atoms with Crippen LogP contribution in [0.3, 0.4) is 0 Å². The number of hydrogen-bond acceptors (Lipinski definition) is 3. The molecule has 128 valence electrons. The minimum absolute atomic E-state index is 0.154. The lowest BCUT2D eigenvalue weighted by Crippen LogP contribution is -2.51. The molecule has 0 radical (unpaired) electrons. The van der Waals surface area contributed by atoms with E-state index in [9.17, 15) is 13.2 Å². The second kappa shape index (κ2) is 6.79. The van der Waals surface area contributed by atoms with Gasteiger partial charge in [-0.1, -0.05) is 12.1 Å². The van der Waals surface area contributed by atoms with E-state index in [-0.39, 0.29) is 6.04 Å². The molecule has 1 aromatic carbocycles. The number of halogens is 3. The average molecular weight is 327 g/mol. The molecule has 2 heterocycles. The van der Waals surface area contributed by atoms with E-state index in [2.05, 4.69) is 22.0 Å². The first-order valence-electron chi connectivity index (χ1n) is 8.31. The highest BCUT2D eigenvalue weighted by molar-refractivity contribution is 5.26.